The maximum Gasteiger partial charge on any atom is 0.247 e. The van der Waals surface area contributed by atoms with Crippen molar-refractivity contribution in [3.63, 3.8) is 0 Å². The molecule has 8 heteroatoms. The molecule has 7 nitrogen and oxygen atoms in total. The SMILES string of the molecule is COc1cccc(C[C@@H](C(=O)N2CCSCC2)n2nnnc2C)c1. The topological polar surface area (TPSA) is 73.1 Å². The number of carbonyl (C=O) groups is 1. The molecule has 2 aromatic rings. The number of rotatable bonds is 5. The fourth-order valence-electron chi connectivity index (χ4n) is 2.82. The molecule has 0 unspecified atom stereocenters. The van der Waals surface area contributed by atoms with E-state index in [1.807, 2.05) is 47.9 Å². The van der Waals surface area contributed by atoms with Crippen LogP contribution in [-0.4, -0.2) is 62.7 Å². The van der Waals surface area contributed by atoms with Crippen LogP contribution in [-0.2, 0) is 11.2 Å². The van der Waals surface area contributed by atoms with Crippen LogP contribution >= 0.6 is 11.8 Å². The molecule has 1 atom stereocenters. The minimum absolute atomic E-state index is 0.0773. The lowest BCUT2D eigenvalue weighted by Crippen LogP contribution is -2.43. The van der Waals surface area contributed by atoms with Crippen molar-refractivity contribution in [3.8, 4) is 5.75 Å². The van der Waals surface area contributed by atoms with Crippen LogP contribution < -0.4 is 4.74 Å². The van der Waals surface area contributed by atoms with Gasteiger partial charge in [0.05, 0.1) is 7.11 Å². The number of thioether (sulfide) groups is 1. The van der Waals surface area contributed by atoms with E-state index < -0.39 is 6.04 Å². The predicted molar refractivity (Wildman–Crippen MR) is 92.2 cm³/mol. The second-order valence-corrected chi connectivity index (χ2v) is 6.90. The van der Waals surface area contributed by atoms with E-state index in [0.29, 0.717) is 12.2 Å². The molecule has 2 heterocycles. The van der Waals surface area contributed by atoms with Gasteiger partial charge in [0.1, 0.15) is 17.6 Å². The maximum absolute atomic E-state index is 13.1. The first-order valence-corrected chi connectivity index (χ1v) is 9.08. The lowest BCUT2D eigenvalue weighted by molar-refractivity contribution is -0.134. The second kappa shape index (κ2) is 7.65. The highest BCUT2D eigenvalue weighted by Gasteiger charge is 2.29. The fraction of sp³-hybridized carbons (Fsp3) is 0.500. The number of methoxy groups -OCH3 is 1. The van der Waals surface area contributed by atoms with E-state index in [2.05, 4.69) is 15.5 Å². The zero-order valence-electron chi connectivity index (χ0n) is 13.9. The van der Waals surface area contributed by atoms with E-state index in [0.717, 1.165) is 35.9 Å². The molecule has 0 aliphatic carbocycles. The third-order valence-electron chi connectivity index (χ3n) is 4.12. The van der Waals surface area contributed by atoms with Crippen LogP contribution in [0.25, 0.3) is 0 Å². The summed E-state index contributed by atoms with van der Waals surface area (Å²) in [5.41, 5.74) is 1.02. The molecule has 128 valence electrons. The van der Waals surface area contributed by atoms with E-state index in [1.165, 1.54) is 0 Å². The minimum atomic E-state index is -0.435. The number of carbonyl (C=O) groups excluding carboxylic acids is 1. The average molecular weight is 347 g/mol. The highest BCUT2D eigenvalue weighted by Crippen LogP contribution is 2.22. The summed E-state index contributed by atoms with van der Waals surface area (Å²) in [6.07, 6.45) is 0.533. The van der Waals surface area contributed by atoms with Gasteiger partial charge in [-0.25, -0.2) is 4.68 Å². The predicted octanol–water partition coefficient (Wildman–Crippen LogP) is 1.35. The van der Waals surface area contributed by atoms with E-state index >= 15 is 0 Å². The number of benzene rings is 1. The Morgan fingerprint density at radius 2 is 2.17 bits per heavy atom. The molecule has 0 spiro atoms. The molecular weight excluding hydrogens is 326 g/mol. The Hall–Kier alpha value is -2.09. The number of nitrogens with zero attached hydrogens (tertiary/aromatic N) is 5. The standard InChI is InChI=1S/C16H21N5O2S/c1-12-17-18-19-21(12)15(16(22)20-6-8-24-9-7-20)11-13-4-3-5-14(10-13)23-2/h3-5,10,15H,6-9,11H2,1-2H3/t15-/m0/s1. The van der Waals surface area contributed by atoms with Crippen LogP contribution in [0.4, 0.5) is 0 Å². The van der Waals surface area contributed by atoms with Gasteiger partial charge in [0.2, 0.25) is 5.91 Å². The van der Waals surface area contributed by atoms with Crippen molar-refractivity contribution in [3.05, 3.63) is 35.7 Å². The molecule has 1 aliphatic heterocycles. The van der Waals surface area contributed by atoms with Crippen molar-refractivity contribution >= 4 is 17.7 Å². The average Bonchev–Trinajstić information content (AvgIpc) is 3.06. The summed E-state index contributed by atoms with van der Waals surface area (Å²) in [4.78, 5) is 15.0. The number of aromatic nitrogens is 4. The Morgan fingerprint density at radius 1 is 1.38 bits per heavy atom. The van der Waals surface area contributed by atoms with Gasteiger partial charge >= 0.3 is 0 Å². The van der Waals surface area contributed by atoms with Crippen LogP contribution in [0.15, 0.2) is 24.3 Å². The Labute approximate surface area is 145 Å². The molecule has 1 amide bonds. The fourth-order valence-corrected chi connectivity index (χ4v) is 3.72. The van der Waals surface area contributed by atoms with Crippen molar-refractivity contribution in [1.82, 2.24) is 25.1 Å². The van der Waals surface area contributed by atoms with Crippen LogP contribution in [0.1, 0.15) is 17.4 Å². The number of ether oxygens (including phenoxy) is 1. The molecule has 1 aliphatic rings. The number of aryl methyl sites for hydroxylation is 1. The van der Waals surface area contributed by atoms with E-state index in [-0.39, 0.29) is 5.91 Å². The zero-order chi connectivity index (χ0) is 16.9. The van der Waals surface area contributed by atoms with Crippen LogP contribution in [0, 0.1) is 6.92 Å². The molecule has 3 rings (SSSR count). The Morgan fingerprint density at radius 3 is 2.83 bits per heavy atom. The van der Waals surface area contributed by atoms with Gasteiger partial charge in [0, 0.05) is 31.0 Å². The number of hydrogen-bond donors (Lipinski definition) is 0. The van der Waals surface area contributed by atoms with Crippen molar-refractivity contribution in [2.24, 2.45) is 0 Å². The van der Waals surface area contributed by atoms with Crippen molar-refractivity contribution in [1.29, 1.82) is 0 Å². The first-order chi connectivity index (χ1) is 11.7. The summed E-state index contributed by atoms with van der Waals surface area (Å²) in [5.74, 6) is 3.45. The normalized spacial score (nSPS) is 16.0. The van der Waals surface area contributed by atoms with Gasteiger partial charge in [0.15, 0.2) is 0 Å². The third kappa shape index (κ3) is 3.69. The molecule has 1 fully saturated rings. The lowest BCUT2D eigenvalue weighted by Gasteiger charge is -2.30. The van der Waals surface area contributed by atoms with E-state index in [1.54, 1.807) is 11.8 Å². The highest BCUT2D eigenvalue weighted by atomic mass is 32.2. The molecule has 0 saturated carbocycles. The molecular formula is C16H21N5O2S. The summed E-state index contributed by atoms with van der Waals surface area (Å²) < 4.78 is 6.91. The first-order valence-electron chi connectivity index (χ1n) is 7.93. The molecule has 1 aromatic heterocycles. The quantitative estimate of drug-likeness (QED) is 0.813. The number of tetrazole rings is 1. The molecule has 24 heavy (non-hydrogen) atoms. The summed E-state index contributed by atoms with van der Waals surface area (Å²) in [7, 11) is 1.64. The molecule has 1 aromatic carbocycles. The van der Waals surface area contributed by atoms with E-state index in [4.69, 9.17) is 4.74 Å². The lowest BCUT2D eigenvalue weighted by atomic mass is 10.0. The van der Waals surface area contributed by atoms with Crippen molar-refractivity contribution in [2.45, 2.75) is 19.4 Å². The zero-order valence-corrected chi connectivity index (χ0v) is 14.7. The van der Waals surface area contributed by atoms with Gasteiger partial charge in [-0.3, -0.25) is 4.79 Å². The van der Waals surface area contributed by atoms with Gasteiger partial charge in [-0.15, -0.1) is 5.10 Å². The minimum Gasteiger partial charge on any atom is -0.497 e. The molecule has 1 saturated heterocycles. The van der Waals surface area contributed by atoms with Crippen molar-refractivity contribution < 1.29 is 9.53 Å². The van der Waals surface area contributed by atoms with Gasteiger partial charge in [-0.05, 0) is 35.0 Å². The van der Waals surface area contributed by atoms with E-state index in [9.17, 15) is 4.79 Å². The van der Waals surface area contributed by atoms with Gasteiger partial charge in [0.25, 0.3) is 0 Å². The summed E-state index contributed by atoms with van der Waals surface area (Å²) >= 11 is 1.88. The molecule has 0 N–H and O–H groups in total. The van der Waals surface area contributed by atoms with Crippen LogP contribution in [0.3, 0.4) is 0 Å². The Balaban J connectivity index is 1.87. The maximum atomic E-state index is 13.1. The number of amides is 1. The summed E-state index contributed by atoms with van der Waals surface area (Å²) in [6, 6.07) is 7.33. The largest absolute Gasteiger partial charge is 0.497 e. The highest BCUT2D eigenvalue weighted by molar-refractivity contribution is 7.99. The van der Waals surface area contributed by atoms with Crippen LogP contribution in [0.5, 0.6) is 5.75 Å². The summed E-state index contributed by atoms with van der Waals surface area (Å²) in [5, 5.41) is 11.7. The van der Waals surface area contributed by atoms with Crippen LogP contribution in [0.2, 0.25) is 0 Å². The molecule has 0 bridgehead atoms. The van der Waals surface area contributed by atoms with Crippen molar-refractivity contribution in [2.75, 3.05) is 31.7 Å². The monoisotopic (exact) mass is 347 g/mol. The van der Waals surface area contributed by atoms with Gasteiger partial charge < -0.3 is 9.64 Å². The second-order valence-electron chi connectivity index (χ2n) is 5.68. The molecule has 0 radical (unpaired) electrons. The first kappa shape index (κ1) is 16.8. The Kier molecular flexibility index (Phi) is 5.34. The Bertz CT molecular complexity index is 699. The summed E-state index contributed by atoms with van der Waals surface area (Å²) in [6.45, 7) is 3.37. The number of hydrogen-bond acceptors (Lipinski definition) is 6. The smallest absolute Gasteiger partial charge is 0.247 e. The van der Waals surface area contributed by atoms with Gasteiger partial charge in [-0.1, -0.05) is 12.1 Å². The van der Waals surface area contributed by atoms with Gasteiger partial charge in [-0.2, -0.15) is 11.8 Å². The third-order valence-corrected chi connectivity index (χ3v) is 5.07.